The summed E-state index contributed by atoms with van der Waals surface area (Å²) < 4.78 is 22.8. The van der Waals surface area contributed by atoms with Gasteiger partial charge in [0.05, 0.1) is 17.4 Å². The molecule has 5 nitrogen and oxygen atoms in total. The van der Waals surface area contributed by atoms with Gasteiger partial charge in [-0.25, -0.2) is 8.42 Å². The summed E-state index contributed by atoms with van der Waals surface area (Å²) in [4.78, 5) is 12.2. The van der Waals surface area contributed by atoms with Crippen molar-refractivity contribution in [2.75, 3.05) is 23.4 Å². The summed E-state index contributed by atoms with van der Waals surface area (Å²) in [5.74, 6) is -0.0584. The second-order valence-corrected chi connectivity index (χ2v) is 7.36. The zero-order chi connectivity index (χ0) is 13.5. The van der Waals surface area contributed by atoms with Gasteiger partial charge in [0.25, 0.3) is 0 Å². The lowest BCUT2D eigenvalue weighted by atomic mass is 10.00. The van der Waals surface area contributed by atoms with Crippen molar-refractivity contribution in [3.63, 3.8) is 0 Å². The Morgan fingerprint density at radius 2 is 2.11 bits per heavy atom. The van der Waals surface area contributed by atoms with Crippen LogP contribution in [-0.2, 0) is 14.6 Å². The quantitative estimate of drug-likeness (QED) is 0.827. The number of carbonyl (C=O) groups excluding carboxylic acids is 1. The van der Waals surface area contributed by atoms with E-state index >= 15 is 0 Å². The molecule has 2 N–H and O–H groups in total. The van der Waals surface area contributed by atoms with Crippen LogP contribution in [0.2, 0.25) is 0 Å². The molecule has 0 spiro atoms. The Labute approximate surface area is 112 Å². The normalized spacial score (nSPS) is 27.6. The van der Waals surface area contributed by atoms with Gasteiger partial charge in [0.1, 0.15) is 0 Å². The van der Waals surface area contributed by atoms with Crippen LogP contribution in [0.1, 0.15) is 17.9 Å². The smallest absolute Gasteiger partial charge is 0.229 e. The average molecular weight is 280 g/mol. The molecule has 0 radical (unpaired) electrons. The Morgan fingerprint density at radius 1 is 1.32 bits per heavy atom. The Bertz CT molecular complexity index is 612. The van der Waals surface area contributed by atoms with E-state index in [2.05, 4.69) is 10.6 Å². The first kappa shape index (κ1) is 12.5. The lowest BCUT2D eigenvalue weighted by Gasteiger charge is -2.15. The van der Waals surface area contributed by atoms with E-state index in [1.54, 1.807) is 0 Å². The monoisotopic (exact) mass is 280 g/mol. The highest BCUT2D eigenvalue weighted by Gasteiger charge is 2.33. The summed E-state index contributed by atoms with van der Waals surface area (Å²) in [5.41, 5.74) is 1.97. The van der Waals surface area contributed by atoms with Crippen molar-refractivity contribution >= 4 is 21.4 Å². The Balaban J connectivity index is 1.70. The average Bonchev–Trinajstić information content (AvgIpc) is 2.92. The summed E-state index contributed by atoms with van der Waals surface area (Å²) >= 11 is 0. The van der Waals surface area contributed by atoms with E-state index < -0.39 is 9.84 Å². The topological polar surface area (TPSA) is 75.3 Å². The molecule has 2 aliphatic rings. The van der Waals surface area contributed by atoms with Crippen LogP contribution < -0.4 is 10.6 Å². The minimum absolute atomic E-state index is 0.0700. The van der Waals surface area contributed by atoms with Gasteiger partial charge in [-0.2, -0.15) is 0 Å². The molecule has 3 rings (SSSR count). The summed E-state index contributed by atoms with van der Waals surface area (Å²) in [6, 6.07) is 7.49. The molecule has 1 fully saturated rings. The second kappa shape index (κ2) is 4.52. The molecule has 1 saturated heterocycles. The van der Waals surface area contributed by atoms with Gasteiger partial charge in [-0.3, -0.25) is 4.79 Å². The molecule has 2 heterocycles. The molecule has 6 heteroatoms. The summed E-state index contributed by atoms with van der Waals surface area (Å²) in [7, 11) is -2.96. The molecular weight excluding hydrogens is 264 g/mol. The number of para-hydroxylation sites is 1. The number of fused-ring (bicyclic) bond motifs is 1. The number of sulfone groups is 1. The van der Waals surface area contributed by atoms with Crippen LogP contribution >= 0.6 is 0 Å². The van der Waals surface area contributed by atoms with Crippen molar-refractivity contribution in [3.05, 3.63) is 29.8 Å². The van der Waals surface area contributed by atoms with Crippen LogP contribution in [0, 0.1) is 0 Å². The van der Waals surface area contributed by atoms with Gasteiger partial charge in [0, 0.05) is 18.3 Å². The van der Waals surface area contributed by atoms with E-state index in [9.17, 15) is 13.2 Å². The van der Waals surface area contributed by atoms with Crippen molar-refractivity contribution in [3.8, 4) is 0 Å². The number of nitrogens with one attached hydrogen (secondary N) is 2. The lowest BCUT2D eigenvalue weighted by molar-refractivity contribution is -0.122. The maximum Gasteiger partial charge on any atom is 0.229 e. The Kier molecular flexibility index (Phi) is 2.97. The number of rotatable bonds is 2. The maximum atomic E-state index is 12.2. The number of benzene rings is 1. The first-order chi connectivity index (χ1) is 9.05. The fraction of sp³-hybridized carbons (Fsp3) is 0.462. The molecule has 1 aromatic rings. The number of hydrogen-bond acceptors (Lipinski definition) is 4. The van der Waals surface area contributed by atoms with E-state index in [-0.39, 0.29) is 29.4 Å². The molecule has 0 saturated carbocycles. The largest absolute Gasteiger partial charge is 0.384 e. The van der Waals surface area contributed by atoms with Crippen LogP contribution in [-0.4, -0.2) is 38.4 Å². The SMILES string of the molecule is O=C(NC1CCS(=O)(=O)C1)C1CNc2ccccc21. The predicted octanol–water partition coefficient (Wildman–Crippen LogP) is 0.499. The molecule has 0 bridgehead atoms. The van der Waals surface area contributed by atoms with Gasteiger partial charge in [-0.1, -0.05) is 18.2 Å². The Hall–Kier alpha value is -1.56. The van der Waals surface area contributed by atoms with Gasteiger partial charge in [-0.15, -0.1) is 0 Å². The molecule has 2 atom stereocenters. The van der Waals surface area contributed by atoms with Crippen molar-refractivity contribution < 1.29 is 13.2 Å². The predicted molar refractivity (Wildman–Crippen MR) is 72.9 cm³/mol. The Morgan fingerprint density at radius 3 is 2.84 bits per heavy atom. The highest BCUT2D eigenvalue weighted by atomic mass is 32.2. The minimum Gasteiger partial charge on any atom is -0.384 e. The van der Waals surface area contributed by atoms with Crippen molar-refractivity contribution in [1.82, 2.24) is 5.32 Å². The zero-order valence-corrected chi connectivity index (χ0v) is 11.2. The maximum absolute atomic E-state index is 12.2. The first-order valence-corrected chi connectivity index (χ1v) is 8.21. The fourth-order valence-electron chi connectivity index (χ4n) is 2.73. The molecule has 2 aliphatic heterocycles. The second-order valence-electron chi connectivity index (χ2n) is 5.13. The molecule has 0 aromatic heterocycles. The van der Waals surface area contributed by atoms with Crippen LogP contribution in [0.15, 0.2) is 24.3 Å². The van der Waals surface area contributed by atoms with Crippen LogP contribution in [0.4, 0.5) is 5.69 Å². The third-order valence-electron chi connectivity index (χ3n) is 3.73. The van der Waals surface area contributed by atoms with Gasteiger partial charge >= 0.3 is 0 Å². The molecule has 1 aromatic carbocycles. The third kappa shape index (κ3) is 2.45. The van der Waals surface area contributed by atoms with E-state index in [1.807, 2.05) is 24.3 Å². The number of amides is 1. The van der Waals surface area contributed by atoms with Gasteiger partial charge in [-0.05, 0) is 18.1 Å². The molecule has 19 heavy (non-hydrogen) atoms. The van der Waals surface area contributed by atoms with Crippen LogP contribution in [0.3, 0.4) is 0 Å². The number of anilines is 1. The highest BCUT2D eigenvalue weighted by molar-refractivity contribution is 7.91. The van der Waals surface area contributed by atoms with Gasteiger partial charge in [0.15, 0.2) is 9.84 Å². The first-order valence-electron chi connectivity index (χ1n) is 6.39. The van der Waals surface area contributed by atoms with E-state index in [0.29, 0.717) is 13.0 Å². The number of hydrogen-bond donors (Lipinski definition) is 2. The summed E-state index contributed by atoms with van der Waals surface area (Å²) in [5, 5.41) is 6.05. The van der Waals surface area contributed by atoms with E-state index in [1.165, 1.54) is 0 Å². The van der Waals surface area contributed by atoms with Crippen molar-refractivity contribution in [2.24, 2.45) is 0 Å². The standard InChI is InChI=1S/C13H16N2O3S/c16-13(15-9-5-6-19(17,18)8-9)11-7-14-12-4-2-1-3-10(11)12/h1-4,9,11,14H,5-8H2,(H,15,16). The molecule has 2 unspecified atom stereocenters. The van der Waals surface area contributed by atoms with Gasteiger partial charge in [0.2, 0.25) is 5.91 Å². The van der Waals surface area contributed by atoms with Crippen molar-refractivity contribution in [1.29, 1.82) is 0 Å². The zero-order valence-electron chi connectivity index (χ0n) is 10.4. The summed E-state index contributed by atoms with van der Waals surface area (Å²) in [6.45, 7) is 0.574. The highest BCUT2D eigenvalue weighted by Crippen LogP contribution is 2.31. The minimum atomic E-state index is -2.96. The van der Waals surface area contributed by atoms with Gasteiger partial charge < -0.3 is 10.6 Å². The summed E-state index contributed by atoms with van der Waals surface area (Å²) in [6.07, 6.45) is 0.524. The molecule has 0 aliphatic carbocycles. The lowest BCUT2D eigenvalue weighted by Crippen LogP contribution is -2.39. The molecule has 1 amide bonds. The third-order valence-corrected chi connectivity index (χ3v) is 5.50. The molecule has 102 valence electrons. The van der Waals surface area contributed by atoms with E-state index in [4.69, 9.17) is 0 Å². The van der Waals surface area contributed by atoms with E-state index in [0.717, 1.165) is 11.3 Å². The number of carbonyl (C=O) groups is 1. The fourth-order valence-corrected chi connectivity index (χ4v) is 4.40. The molecular formula is C13H16N2O3S. The van der Waals surface area contributed by atoms with Crippen molar-refractivity contribution in [2.45, 2.75) is 18.4 Å². The van der Waals surface area contributed by atoms with Crippen LogP contribution in [0.25, 0.3) is 0 Å². The van der Waals surface area contributed by atoms with Crippen LogP contribution in [0.5, 0.6) is 0 Å².